The molecule has 6 heteroatoms. The van der Waals surface area contributed by atoms with Gasteiger partial charge in [0.2, 0.25) is 0 Å². The molecular weight excluding hydrogens is 352 g/mol. The first-order chi connectivity index (χ1) is 12.7. The Morgan fingerprint density at radius 2 is 1.81 bits per heavy atom. The average Bonchev–Trinajstić information content (AvgIpc) is 3.50. The van der Waals surface area contributed by atoms with Gasteiger partial charge in [-0.2, -0.15) is 0 Å². The van der Waals surface area contributed by atoms with Gasteiger partial charge in [0.25, 0.3) is 0 Å². The Morgan fingerprint density at radius 1 is 1.08 bits per heavy atom. The number of carbonyl (C=O) groups excluding carboxylic acids is 1. The number of ether oxygens (including phenoxy) is 2. The highest BCUT2D eigenvalue weighted by Crippen LogP contribution is 2.41. The predicted octanol–water partition coefficient (Wildman–Crippen LogP) is 4.06. The van der Waals surface area contributed by atoms with Gasteiger partial charge in [-0.15, -0.1) is 0 Å². The number of fused-ring (bicyclic) bond motifs is 1. The fourth-order valence-electron chi connectivity index (χ4n) is 3.15. The minimum Gasteiger partial charge on any atom is -0.486 e. The predicted molar refractivity (Wildman–Crippen MR) is 99.7 cm³/mol. The van der Waals surface area contributed by atoms with Gasteiger partial charge in [0.1, 0.15) is 13.2 Å². The maximum absolute atomic E-state index is 12.4. The third kappa shape index (κ3) is 4.05. The molecule has 0 saturated heterocycles. The van der Waals surface area contributed by atoms with E-state index in [0.29, 0.717) is 30.7 Å². The van der Waals surface area contributed by atoms with Gasteiger partial charge in [-0.25, -0.2) is 4.79 Å². The van der Waals surface area contributed by atoms with E-state index in [1.165, 1.54) is 0 Å². The molecule has 1 atom stereocenters. The highest BCUT2D eigenvalue weighted by Gasteiger charge is 2.33. The number of hydrogen-bond donors (Lipinski definition) is 2. The summed E-state index contributed by atoms with van der Waals surface area (Å²) in [6, 6.07) is 13.3. The molecule has 5 nitrogen and oxygen atoms in total. The number of hydrogen-bond acceptors (Lipinski definition) is 3. The van der Waals surface area contributed by atoms with Crippen molar-refractivity contribution in [3.63, 3.8) is 0 Å². The maximum atomic E-state index is 12.4. The summed E-state index contributed by atoms with van der Waals surface area (Å²) in [6.07, 6.45) is 2.27. The van der Waals surface area contributed by atoms with Crippen molar-refractivity contribution >= 4 is 17.6 Å². The molecule has 2 N–H and O–H groups in total. The van der Waals surface area contributed by atoms with Crippen LogP contribution in [0.15, 0.2) is 42.5 Å². The van der Waals surface area contributed by atoms with Crippen molar-refractivity contribution in [3.8, 4) is 11.5 Å². The summed E-state index contributed by atoms with van der Waals surface area (Å²) < 4.78 is 11.1. The number of carbonyl (C=O) groups is 1. The van der Waals surface area contributed by atoms with Crippen LogP contribution in [-0.4, -0.2) is 19.2 Å². The van der Waals surface area contributed by atoms with Gasteiger partial charge < -0.3 is 20.1 Å². The van der Waals surface area contributed by atoms with Crippen molar-refractivity contribution in [2.75, 3.05) is 13.2 Å². The van der Waals surface area contributed by atoms with E-state index in [9.17, 15) is 4.79 Å². The molecule has 1 saturated carbocycles. The molecule has 4 rings (SSSR count). The number of halogens is 1. The summed E-state index contributed by atoms with van der Waals surface area (Å²) in [7, 11) is 0. The second-order valence-electron chi connectivity index (χ2n) is 6.67. The molecule has 2 aromatic carbocycles. The van der Waals surface area contributed by atoms with Gasteiger partial charge in [-0.1, -0.05) is 29.8 Å². The van der Waals surface area contributed by atoms with Crippen LogP contribution in [0.1, 0.15) is 30.0 Å². The van der Waals surface area contributed by atoms with E-state index in [4.69, 9.17) is 21.1 Å². The molecule has 0 aromatic heterocycles. The number of benzene rings is 2. The van der Waals surface area contributed by atoms with Crippen LogP contribution in [0.2, 0.25) is 5.02 Å². The lowest BCUT2D eigenvalue weighted by Gasteiger charge is -2.20. The van der Waals surface area contributed by atoms with Crippen molar-refractivity contribution in [3.05, 3.63) is 58.6 Å². The number of urea groups is 1. The van der Waals surface area contributed by atoms with Crippen LogP contribution >= 0.6 is 11.6 Å². The topological polar surface area (TPSA) is 59.6 Å². The largest absolute Gasteiger partial charge is 0.486 e. The van der Waals surface area contributed by atoms with Crippen molar-refractivity contribution in [1.29, 1.82) is 0 Å². The lowest BCUT2D eigenvalue weighted by atomic mass is 10.0. The zero-order valence-corrected chi connectivity index (χ0v) is 15.1. The smallest absolute Gasteiger partial charge is 0.315 e. The monoisotopic (exact) mass is 372 g/mol. The summed E-state index contributed by atoms with van der Waals surface area (Å²) in [6.45, 7) is 1.55. The molecule has 2 aliphatic rings. The normalized spacial score (nSPS) is 16.7. The van der Waals surface area contributed by atoms with Crippen molar-refractivity contribution in [2.24, 2.45) is 5.92 Å². The molecule has 1 fully saturated rings. The first-order valence-corrected chi connectivity index (χ1v) is 9.25. The summed E-state index contributed by atoms with van der Waals surface area (Å²) in [4.78, 5) is 12.4. The maximum Gasteiger partial charge on any atom is 0.315 e. The minimum atomic E-state index is -0.174. The Hall–Kier alpha value is -2.40. The molecule has 1 heterocycles. The standard InChI is InChI=1S/C20H21ClN2O3/c21-16-6-4-15(5-7-16)19(14-2-3-14)23-20(24)22-12-13-1-8-17-18(11-13)26-10-9-25-17/h1,4-8,11,14,19H,2-3,9-10,12H2,(H2,22,23,24). The summed E-state index contributed by atoms with van der Waals surface area (Å²) in [5, 5.41) is 6.73. The number of nitrogens with one attached hydrogen (secondary N) is 2. The Bertz CT molecular complexity index is 790. The van der Waals surface area contributed by atoms with Crippen LogP contribution in [-0.2, 0) is 6.54 Å². The van der Waals surface area contributed by atoms with Crippen LogP contribution in [0.25, 0.3) is 0 Å². The quantitative estimate of drug-likeness (QED) is 0.832. The molecule has 2 aromatic rings. The molecule has 136 valence electrons. The van der Waals surface area contributed by atoms with Crippen molar-refractivity contribution in [1.82, 2.24) is 10.6 Å². The zero-order valence-electron chi connectivity index (χ0n) is 14.3. The second kappa shape index (κ2) is 7.46. The molecule has 1 unspecified atom stereocenters. The van der Waals surface area contributed by atoms with E-state index in [2.05, 4.69) is 10.6 Å². The average molecular weight is 373 g/mol. The van der Waals surface area contributed by atoms with Crippen molar-refractivity contribution in [2.45, 2.75) is 25.4 Å². The van der Waals surface area contributed by atoms with E-state index < -0.39 is 0 Å². The Labute approximate surface area is 157 Å². The lowest BCUT2D eigenvalue weighted by Crippen LogP contribution is -2.38. The summed E-state index contributed by atoms with van der Waals surface area (Å²) >= 11 is 5.97. The molecule has 0 bridgehead atoms. The molecule has 1 aliphatic carbocycles. The highest BCUT2D eigenvalue weighted by atomic mass is 35.5. The fourth-order valence-corrected chi connectivity index (χ4v) is 3.27. The fraction of sp³-hybridized carbons (Fsp3) is 0.350. The minimum absolute atomic E-state index is 0.0209. The Kier molecular flexibility index (Phi) is 4.89. The van der Waals surface area contributed by atoms with Gasteiger partial charge in [0.05, 0.1) is 6.04 Å². The first kappa shape index (κ1) is 17.0. The highest BCUT2D eigenvalue weighted by molar-refractivity contribution is 6.30. The molecule has 0 radical (unpaired) electrons. The number of amides is 2. The van der Waals surface area contributed by atoms with E-state index >= 15 is 0 Å². The first-order valence-electron chi connectivity index (χ1n) is 8.87. The van der Waals surface area contributed by atoms with E-state index in [-0.39, 0.29) is 12.1 Å². The van der Waals surface area contributed by atoms with Gasteiger partial charge in [0.15, 0.2) is 11.5 Å². The van der Waals surface area contributed by atoms with Gasteiger partial charge in [0, 0.05) is 11.6 Å². The molecule has 2 amide bonds. The lowest BCUT2D eigenvalue weighted by molar-refractivity contribution is 0.171. The van der Waals surface area contributed by atoms with Gasteiger partial charge >= 0.3 is 6.03 Å². The Balaban J connectivity index is 1.36. The third-order valence-corrected chi connectivity index (χ3v) is 4.92. The van der Waals surface area contributed by atoms with E-state index in [1.54, 1.807) is 0 Å². The van der Waals surface area contributed by atoms with E-state index in [0.717, 1.165) is 35.5 Å². The van der Waals surface area contributed by atoms with Crippen molar-refractivity contribution < 1.29 is 14.3 Å². The second-order valence-corrected chi connectivity index (χ2v) is 7.11. The van der Waals surface area contributed by atoms with Crippen LogP contribution in [0.3, 0.4) is 0 Å². The Morgan fingerprint density at radius 3 is 2.54 bits per heavy atom. The van der Waals surface area contributed by atoms with E-state index in [1.807, 2.05) is 42.5 Å². The van der Waals surface area contributed by atoms with Gasteiger partial charge in [-0.3, -0.25) is 0 Å². The van der Waals surface area contributed by atoms with Crippen LogP contribution in [0.5, 0.6) is 11.5 Å². The zero-order chi connectivity index (χ0) is 17.9. The van der Waals surface area contributed by atoms with Crippen LogP contribution in [0.4, 0.5) is 4.79 Å². The summed E-state index contributed by atoms with van der Waals surface area (Å²) in [5.74, 6) is 1.98. The summed E-state index contributed by atoms with van der Waals surface area (Å²) in [5.41, 5.74) is 2.06. The molecule has 0 spiro atoms. The molecule has 26 heavy (non-hydrogen) atoms. The van der Waals surface area contributed by atoms with Crippen LogP contribution < -0.4 is 20.1 Å². The number of rotatable bonds is 5. The van der Waals surface area contributed by atoms with Gasteiger partial charge in [-0.05, 0) is 54.2 Å². The SMILES string of the molecule is O=C(NCc1ccc2c(c1)OCCO2)NC(c1ccc(Cl)cc1)C1CC1. The van der Waals surface area contributed by atoms with Crippen LogP contribution in [0, 0.1) is 5.92 Å². The molecule has 1 aliphatic heterocycles. The molecular formula is C20H21ClN2O3. The third-order valence-electron chi connectivity index (χ3n) is 4.67.